The second-order valence-corrected chi connectivity index (χ2v) is 6.42. The van der Waals surface area contributed by atoms with Crippen LogP contribution in [0.1, 0.15) is 57.9 Å². The topological polar surface area (TPSA) is 29.1 Å². The summed E-state index contributed by atoms with van der Waals surface area (Å²) in [6.45, 7) is 6.08. The van der Waals surface area contributed by atoms with E-state index in [1.54, 1.807) is 12.1 Å². The van der Waals surface area contributed by atoms with Gasteiger partial charge in [0.2, 0.25) is 5.91 Å². The molecule has 1 N–H and O–H groups in total. The highest BCUT2D eigenvalue weighted by Gasteiger charge is 2.16. The summed E-state index contributed by atoms with van der Waals surface area (Å²) in [5.74, 6) is 0.294. The summed E-state index contributed by atoms with van der Waals surface area (Å²) in [6, 6.07) is 16.2. The van der Waals surface area contributed by atoms with Crippen LogP contribution < -0.4 is 5.32 Å². The number of hydrogen-bond acceptors (Lipinski definition) is 1. The zero-order valence-electron chi connectivity index (χ0n) is 16.3. The van der Waals surface area contributed by atoms with Gasteiger partial charge in [0.05, 0.1) is 0 Å². The first kappa shape index (κ1) is 21.9. The van der Waals surface area contributed by atoms with Gasteiger partial charge in [0, 0.05) is 12.1 Å². The molecule has 1 aliphatic rings. The van der Waals surface area contributed by atoms with Crippen LogP contribution in [0.15, 0.2) is 54.6 Å². The van der Waals surface area contributed by atoms with E-state index in [1.807, 2.05) is 32.0 Å². The molecule has 26 heavy (non-hydrogen) atoms. The van der Waals surface area contributed by atoms with Gasteiger partial charge in [0.1, 0.15) is 5.82 Å². The lowest BCUT2D eigenvalue weighted by Gasteiger charge is -2.20. The SMILES string of the molecule is CC.Cc1ccccc1.O=C(CC1CCCCC1)Nc1ccc(F)cc1. The van der Waals surface area contributed by atoms with Crippen molar-refractivity contribution >= 4 is 11.6 Å². The van der Waals surface area contributed by atoms with E-state index in [4.69, 9.17) is 0 Å². The largest absolute Gasteiger partial charge is 0.326 e. The number of nitrogens with one attached hydrogen (secondary N) is 1. The average Bonchev–Trinajstić information content (AvgIpc) is 2.67. The first-order chi connectivity index (χ1) is 12.6. The molecule has 1 fully saturated rings. The van der Waals surface area contributed by atoms with E-state index >= 15 is 0 Å². The predicted molar refractivity (Wildman–Crippen MR) is 109 cm³/mol. The Hall–Kier alpha value is -2.16. The van der Waals surface area contributed by atoms with Crippen LogP contribution in [0.4, 0.5) is 10.1 Å². The number of benzene rings is 2. The van der Waals surface area contributed by atoms with Crippen LogP contribution in [0.2, 0.25) is 0 Å². The zero-order chi connectivity index (χ0) is 19.2. The summed E-state index contributed by atoms with van der Waals surface area (Å²) in [7, 11) is 0. The predicted octanol–water partition coefficient (Wildman–Crippen LogP) is 6.76. The van der Waals surface area contributed by atoms with Crippen LogP contribution in [0.3, 0.4) is 0 Å². The Morgan fingerprint density at radius 2 is 1.54 bits per heavy atom. The molecule has 2 aromatic rings. The quantitative estimate of drug-likeness (QED) is 0.646. The number of halogens is 1. The minimum Gasteiger partial charge on any atom is -0.326 e. The Morgan fingerprint density at radius 3 is 2.04 bits per heavy atom. The van der Waals surface area contributed by atoms with Crippen molar-refractivity contribution in [3.05, 3.63) is 66.0 Å². The summed E-state index contributed by atoms with van der Waals surface area (Å²) >= 11 is 0. The van der Waals surface area contributed by atoms with Gasteiger partial charge in [-0.3, -0.25) is 4.79 Å². The second-order valence-electron chi connectivity index (χ2n) is 6.42. The lowest BCUT2D eigenvalue weighted by molar-refractivity contribution is -0.117. The number of rotatable bonds is 3. The molecule has 0 aliphatic heterocycles. The molecule has 142 valence electrons. The molecule has 0 aromatic heterocycles. The van der Waals surface area contributed by atoms with Crippen molar-refractivity contribution in [2.75, 3.05) is 5.32 Å². The van der Waals surface area contributed by atoms with Crippen molar-refractivity contribution in [2.24, 2.45) is 5.92 Å². The van der Waals surface area contributed by atoms with Crippen LogP contribution in [0.5, 0.6) is 0 Å². The van der Waals surface area contributed by atoms with Crippen LogP contribution in [-0.2, 0) is 4.79 Å². The fraction of sp³-hybridized carbons (Fsp3) is 0.435. The van der Waals surface area contributed by atoms with E-state index in [9.17, 15) is 9.18 Å². The molecule has 0 bridgehead atoms. The zero-order valence-corrected chi connectivity index (χ0v) is 16.3. The third-order valence-corrected chi connectivity index (χ3v) is 4.27. The summed E-state index contributed by atoms with van der Waals surface area (Å²) in [4.78, 5) is 11.8. The molecule has 3 rings (SSSR count). The first-order valence-electron chi connectivity index (χ1n) is 9.70. The second kappa shape index (κ2) is 13.1. The highest BCUT2D eigenvalue weighted by atomic mass is 19.1. The van der Waals surface area contributed by atoms with Gasteiger partial charge in [-0.25, -0.2) is 4.39 Å². The first-order valence-corrected chi connectivity index (χ1v) is 9.70. The molecule has 0 saturated heterocycles. The highest BCUT2D eigenvalue weighted by Crippen LogP contribution is 2.26. The van der Waals surface area contributed by atoms with Gasteiger partial charge < -0.3 is 5.32 Å². The Balaban J connectivity index is 0.000000313. The molecule has 0 spiro atoms. The molecule has 1 saturated carbocycles. The van der Waals surface area contributed by atoms with Gasteiger partial charge in [0.15, 0.2) is 0 Å². The average molecular weight is 358 g/mol. The molecule has 0 unspecified atom stereocenters. The lowest BCUT2D eigenvalue weighted by atomic mass is 9.87. The minimum atomic E-state index is -0.282. The molecule has 2 nitrogen and oxygen atoms in total. The molecule has 1 amide bonds. The number of carbonyl (C=O) groups excluding carboxylic acids is 1. The van der Waals surface area contributed by atoms with Crippen LogP contribution in [0.25, 0.3) is 0 Å². The summed E-state index contributed by atoms with van der Waals surface area (Å²) < 4.78 is 12.7. The van der Waals surface area contributed by atoms with Crippen molar-refractivity contribution in [2.45, 2.75) is 59.3 Å². The molecule has 0 atom stereocenters. The van der Waals surface area contributed by atoms with E-state index in [-0.39, 0.29) is 11.7 Å². The number of hydrogen-bond donors (Lipinski definition) is 1. The maximum Gasteiger partial charge on any atom is 0.224 e. The van der Waals surface area contributed by atoms with Crippen LogP contribution in [0, 0.1) is 18.7 Å². The van der Waals surface area contributed by atoms with Crippen molar-refractivity contribution in [3.8, 4) is 0 Å². The molecular weight excluding hydrogens is 325 g/mol. The van der Waals surface area contributed by atoms with Crippen LogP contribution >= 0.6 is 0 Å². The minimum absolute atomic E-state index is 0.0449. The normalized spacial score (nSPS) is 13.5. The molecular formula is C23H32FNO. The van der Waals surface area contributed by atoms with Crippen LogP contribution in [-0.4, -0.2) is 5.91 Å². The van der Waals surface area contributed by atoms with E-state index in [1.165, 1.54) is 37.0 Å². The van der Waals surface area contributed by atoms with Gasteiger partial charge in [-0.1, -0.05) is 69.0 Å². The van der Waals surface area contributed by atoms with Gasteiger partial charge in [-0.2, -0.15) is 0 Å². The Morgan fingerprint density at radius 1 is 0.962 bits per heavy atom. The lowest BCUT2D eigenvalue weighted by Crippen LogP contribution is -2.18. The van der Waals surface area contributed by atoms with Gasteiger partial charge in [-0.05, 0) is 49.9 Å². The van der Waals surface area contributed by atoms with E-state index in [2.05, 4.69) is 24.4 Å². The maximum absolute atomic E-state index is 12.7. The fourth-order valence-electron chi connectivity index (χ4n) is 2.93. The number of aryl methyl sites for hydroxylation is 1. The van der Waals surface area contributed by atoms with Crippen molar-refractivity contribution in [1.29, 1.82) is 0 Å². The smallest absolute Gasteiger partial charge is 0.224 e. The van der Waals surface area contributed by atoms with E-state index < -0.39 is 0 Å². The van der Waals surface area contributed by atoms with Gasteiger partial charge >= 0.3 is 0 Å². The molecule has 2 aromatic carbocycles. The third kappa shape index (κ3) is 9.36. The third-order valence-electron chi connectivity index (χ3n) is 4.27. The Kier molecular flexibility index (Phi) is 11.0. The standard InChI is InChI=1S/C14H18FNO.C7H8.C2H6/c15-12-6-8-13(9-7-12)16-14(17)10-11-4-2-1-3-5-11;1-7-5-3-2-4-6-7;1-2/h6-9,11H,1-5,10H2,(H,16,17);2-6H,1H3;1-2H3. The van der Waals surface area contributed by atoms with E-state index in [0.29, 0.717) is 18.0 Å². The monoisotopic (exact) mass is 357 g/mol. The summed E-state index contributed by atoms with van der Waals surface area (Å²) in [5, 5.41) is 2.81. The summed E-state index contributed by atoms with van der Waals surface area (Å²) in [5.41, 5.74) is 2.00. The van der Waals surface area contributed by atoms with Crippen molar-refractivity contribution in [3.63, 3.8) is 0 Å². The van der Waals surface area contributed by atoms with E-state index in [0.717, 1.165) is 12.8 Å². The number of anilines is 1. The Bertz CT molecular complexity index is 604. The van der Waals surface area contributed by atoms with Gasteiger partial charge in [0.25, 0.3) is 0 Å². The van der Waals surface area contributed by atoms with Crippen molar-refractivity contribution < 1.29 is 9.18 Å². The fourth-order valence-corrected chi connectivity index (χ4v) is 2.93. The highest BCUT2D eigenvalue weighted by molar-refractivity contribution is 5.90. The molecule has 1 aliphatic carbocycles. The Labute approximate surface area is 157 Å². The molecule has 3 heteroatoms. The molecule has 0 heterocycles. The maximum atomic E-state index is 12.7. The van der Waals surface area contributed by atoms with Crippen molar-refractivity contribution in [1.82, 2.24) is 0 Å². The number of carbonyl (C=O) groups is 1. The molecule has 0 radical (unpaired) electrons. The number of amides is 1. The van der Waals surface area contributed by atoms with Gasteiger partial charge in [-0.15, -0.1) is 0 Å². The summed E-state index contributed by atoms with van der Waals surface area (Å²) in [6.07, 6.45) is 6.71.